The van der Waals surface area contributed by atoms with E-state index in [1.807, 2.05) is 37.3 Å². The minimum absolute atomic E-state index is 0.291. The highest BCUT2D eigenvalue weighted by molar-refractivity contribution is 5.53. The molecule has 0 fully saturated rings. The molecule has 0 radical (unpaired) electrons. The van der Waals surface area contributed by atoms with Gasteiger partial charge in [0.05, 0.1) is 0 Å². The molecule has 23 heavy (non-hydrogen) atoms. The topological polar surface area (TPSA) is 48.2 Å². The molecule has 0 bridgehead atoms. The molecular formula is C19H20N2O2. The molecule has 0 saturated heterocycles. The van der Waals surface area contributed by atoms with Gasteiger partial charge in [0, 0.05) is 5.56 Å². The Balaban J connectivity index is 1.75. The van der Waals surface area contributed by atoms with Crippen LogP contribution in [0, 0.1) is 27.7 Å². The lowest BCUT2D eigenvalue weighted by Gasteiger charge is -2.10. The van der Waals surface area contributed by atoms with Crippen LogP contribution in [0.4, 0.5) is 0 Å². The molecule has 0 aliphatic heterocycles. The van der Waals surface area contributed by atoms with Crippen LogP contribution in [0.3, 0.4) is 0 Å². The van der Waals surface area contributed by atoms with Crippen molar-refractivity contribution in [2.24, 2.45) is 0 Å². The van der Waals surface area contributed by atoms with E-state index in [-0.39, 0.29) is 0 Å². The van der Waals surface area contributed by atoms with Crippen molar-refractivity contribution in [1.29, 1.82) is 0 Å². The molecule has 4 nitrogen and oxygen atoms in total. The molecule has 4 heteroatoms. The van der Waals surface area contributed by atoms with Gasteiger partial charge in [0.25, 0.3) is 5.89 Å². The predicted octanol–water partition coefficient (Wildman–Crippen LogP) is 4.55. The van der Waals surface area contributed by atoms with Crippen LogP contribution in [-0.2, 0) is 6.61 Å². The number of hydrogen-bond donors (Lipinski definition) is 0. The highest BCUT2D eigenvalue weighted by atomic mass is 16.5. The lowest BCUT2D eigenvalue weighted by atomic mass is 10.1. The van der Waals surface area contributed by atoms with E-state index in [0.29, 0.717) is 18.3 Å². The van der Waals surface area contributed by atoms with E-state index in [1.165, 1.54) is 11.1 Å². The van der Waals surface area contributed by atoms with E-state index >= 15 is 0 Å². The third-order valence-electron chi connectivity index (χ3n) is 3.85. The zero-order valence-electron chi connectivity index (χ0n) is 13.9. The summed E-state index contributed by atoms with van der Waals surface area (Å²) in [5, 5.41) is 4.00. The molecule has 3 aromatic rings. The van der Waals surface area contributed by atoms with E-state index in [2.05, 4.69) is 37.0 Å². The molecule has 0 amide bonds. The Morgan fingerprint density at radius 3 is 2.61 bits per heavy atom. The zero-order valence-corrected chi connectivity index (χ0v) is 13.9. The van der Waals surface area contributed by atoms with E-state index < -0.39 is 0 Å². The van der Waals surface area contributed by atoms with Crippen molar-refractivity contribution >= 4 is 0 Å². The first-order chi connectivity index (χ1) is 11.0. The number of nitrogens with zero attached hydrogens (tertiary/aromatic N) is 2. The quantitative estimate of drug-likeness (QED) is 0.709. The highest BCUT2D eigenvalue weighted by Crippen LogP contribution is 2.24. The Morgan fingerprint density at radius 1 is 1.00 bits per heavy atom. The maximum Gasteiger partial charge on any atom is 0.258 e. The molecule has 1 heterocycles. The second kappa shape index (κ2) is 6.24. The number of rotatable bonds is 4. The first-order valence-electron chi connectivity index (χ1n) is 7.63. The summed E-state index contributed by atoms with van der Waals surface area (Å²) < 4.78 is 11.2. The zero-order chi connectivity index (χ0) is 16.4. The SMILES string of the molecule is Cc1cccc(-c2nc(COc3cc(C)cc(C)c3C)no2)c1. The number of aromatic nitrogens is 2. The average Bonchev–Trinajstić information content (AvgIpc) is 2.98. The molecular weight excluding hydrogens is 288 g/mol. The summed E-state index contributed by atoms with van der Waals surface area (Å²) >= 11 is 0. The molecule has 0 saturated carbocycles. The second-order valence-electron chi connectivity index (χ2n) is 5.88. The third kappa shape index (κ3) is 3.42. The molecule has 0 N–H and O–H groups in total. The minimum atomic E-state index is 0.291. The maximum absolute atomic E-state index is 5.87. The van der Waals surface area contributed by atoms with Crippen molar-refractivity contribution < 1.29 is 9.26 Å². The van der Waals surface area contributed by atoms with Gasteiger partial charge in [0.2, 0.25) is 5.82 Å². The van der Waals surface area contributed by atoms with Gasteiger partial charge in [0.15, 0.2) is 6.61 Å². The van der Waals surface area contributed by atoms with Crippen molar-refractivity contribution in [2.75, 3.05) is 0 Å². The molecule has 3 rings (SSSR count). The smallest absolute Gasteiger partial charge is 0.258 e. The minimum Gasteiger partial charge on any atom is -0.485 e. The summed E-state index contributed by atoms with van der Waals surface area (Å²) in [6, 6.07) is 12.2. The Bertz CT molecular complexity index is 837. The Kier molecular flexibility index (Phi) is 4.15. The number of hydrogen-bond acceptors (Lipinski definition) is 4. The lowest BCUT2D eigenvalue weighted by molar-refractivity contribution is 0.285. The summed E-state index contributed by atoms with van der Waals surface area (Å²) in [5.41, 5.74) is 5.61. The first kappa shape index (κ1) is 15.3. The molecule has 0 aliphatic rings. The van der Waals surface area contributed by atoms with Gasteiger partial charge in [-0.1, -0.05) is 28.9 Å². The Morgan fingerprint density at radius 2 is 1.83 bits per heavy atom. The second-order valence-corrected chi connectivity index (χ2v) is 5.88. The van der Waals surface area contributed by atoms with Crippen LogP contribution >= 0.6 is 0 Å². The standard InChI is InChI=1S/C19H20N2O2/c1-12-6-5-7-16(9-12)19-20-18(21-23-19)11-22-17-10-13(2)8-14(3)15(17)4/h5-10H,11H2,1-4H3. The summed E-state index contributed by atoms with van der Waals surface area (Å²) in [6.45, 7) is 8.52. The number of aryl methyl sites for hydroxylation is 3. The van der Waals surface area contributed by atoms with Crippen LogP contribution in [0.2, 0.25) is 0 Å². The van der Waals surface area contributed by atoms with Gasteiger partial charge in [-0.15, -0.1) is 0 Å². The Hall–Kier alpha value is -2.62. The van der Waals surface area contributed by atoms with Crippen LogP contribution in [0.5, 0.6) is 5.75 Å². The lowest BCUT2D eigenvalue weighted by Crippen LogP contribution is -2.00. The van der Waals surface area contributed by atoms with Crippen molar-refractivity contribution in [3.8, 4) is 17.2 Å². The van der Waals surface area contributed by atoms with Gasteiger partial charge in [-0.25, -0.2) is 0 Å². The van der Waals surface area contributed by atoms with Gasteiger partial charge < -0.3 is 9.26 Å². The fourth-order valence-corrected chi connectivity index (χ4v) is 2.50. The molecule has 0 spiro atoms. The molecule has 0 atom stereocenters. The van der Waals surface area contributed by atoms with E-state index in [9.17, 15) is 0 Å². The van der Waals surface area contributed by atoms with Gasteiger partial charge in [-0.3, -0.25) is 0 Å². The van der Waals surface area contributed by atoms with Gasteiger partial charge in [-0.05, 0) is 62.6 Å². The third-order valence-corrected chi connectivity index (χ3v) is 3.85. The fourth-order valence-electron chi connectivity index (χ4n) is 2.50. The molecule has 118 valence electrons. The summed E-state index contributed by atoms with van der Waals surface area (Å²) in [7, 11) is 0. The van der Waals surface area contributed by atoms with Crippen LogP contribution in [0.15, 0.2) is 40.9 Å². The predicted molar refractivity (Wildman–Crippen MR) is 89.5 cm³/mol. The summed E-state index contributed by atoms with van der Waals surface area (Å²) in [5.74, 6) is 1.92. The molecule has 0 unspecified atom stereocenters. The Labute approximate surface area is 136 Å². The average molecular weight is 308 g/mol. The van der Waals surface area contributed by atoms with Crippen molar-refractivity contribution in [2.45, 2.75) is 34.3 Å². The van der Waals surface area contributed by atoms with Gasteiger partial charge in [0.1, 0.15) is 5.75 Å². The maximum atomic E-state index is 5.87. The first-order valence-corrected chi connectivity index (χ1v) is 7.63. The van der Waals surface area contributed by atoms with Gasteiger partial charge in [-0.2, -0.15) is 4.98 Å². The fraction of sp³-hybridized carbons (Fsp3) is 0.263. The molecule has 2 aromatic carbocycles. The monoisotopic (exact) mass is 308 g/mol. The number of ether oxygens (including phenoxy) is 1. The van der Waals surface area contributed by atoms with Crippen molar-refractivity contribution in [1.82, 2.24) is 10.1 Å². The van der Waals surface area contributed by atoms with Crippen molar-refractivity contribution in [3.05, 3.63) is 64.5 Å². The summed E-state index contributed by atoms with van der Waals surface area (Å²) in [6.07, 6.45) is 0. The largest absolute Gasteiger partial charge is 0.485 e. The van der Waals surface area contributed by atoms with Gasteiger partial charge >= 0.3 is 0 Å². The van der Waals surface area contributed by atoms with Crippen LogP contribution in [0.25, 0.3) is 11.5 Å². The molecule has 1 aromatic heterocycles. The van der Waals surface area contributed by atoms with Crippen LogP contribution in [0.1, 0.15) is 28.1 Å². The molecule has 0 aliphatic carbocycles. The van der Waals surface area contributed by atoms with Crippen LogP contribution in [-0.4, -0.2) is 10.1 Å². The van der Waals surface area contributed by atoms with Crippen molar-refractivity contribution in [3.63, 3.8) is 0 Å². The normalized spacial score (nSPS) is 10.8. The highest BCUT2D eigenvalue weighted by Gasteiger charge is 2.11. The van der Waals surface area contributed by atoms with Crippen LogP contribution < -0.4 is 4.74 Å². The van der Waals surface area contributed by atoms with E-state index in [4.69, 9.17) is 9.26 Å². The van der Waals surface area contributed by atoms with E-state index in [0.717, 1.165) is 22.4 Å². The summed E-state index contributed by atoms with van der Waals surface area (Å²) in [4.78, 5) is 4.41. The number of benzene rings is 2. The van der Waals surface area contributed by atoms with E-state index in [1.54, 1.807) is 0 Å².